The van der Waals surface area contributed by atoms with Gasteiger partial charge in [0.25, 0.3) is 0 Å². The Morgan fingerprint density at radius 3 is 1.73 bits per heavy atom. The molecule has 8 rings (SSSR count). The second-order valence-electron chi connectivity index (χ2n) is 12.4. The summed E-state index contributed by atoms with van der Waals surface area (Å²) in [6, 6.07) is 47.3. The Kier molecular flexibility index (Phi) is 5.41. The summed E-state index contributed by atoms with van der Waals surface area (Å²) >= 11 is 0. The average molecular weight is 530 g/mol. The molecule has 2 atom stereocenters. The van der Waals surface area contributed by atoms with Gasteiger partial charge >= 0.3 is 0 Å². The number of nitrogens with zero attached hydrogens (tertiary/aromatic N) is 1. The summed E-state index contributed by atoms with van der Waals surface area (Å²) in [5.41, 5.74) is 9.56. The molecule has 2 aliphatic rings. The van der Waals surface area contributed by atoms with Crippen molar-refractivity contribution < 1.29 is 0 Å². The van der Waals surface area contributed by atoms with Gasteiger partial charge in [-0.3, -0.25) is 0 Å². The molecule has 0 bridgehead atoms. The molecule has 0 amide bonds. The van der Waals surface area contributed by atoms with E-state index in [1.54, 1.807) is 0 Å². The highest BCUT2D eigenvalue weighted by Gasteiger charge is 2.57. The van der Waals surface area contributed by atoms with Crippen molar-refractivity contribution in [3.05, 3.63) is 133 Å². The fourth-order valence-electron chi connectivity index (χ4n) is 8.26. The van der Waals surface area contributed by atoms with Gasteiger partial charge in [-0.25, -0.2) is 0 Å². The molecular weight excluding hydrogens is 494 g/mol. The average Bonchev–Trinajstić information content (AvgIpc) is 3.23. The van der Waals surface area contributed by atoms with Crippen molar-refractivity contribution in [2.45, 2.75) is 50.5 Å². The highest BCUT2D eigenvalue weighted by molar-refractivity contribution is 6.21. The van der Waals surface area contributed by atoms with Gasteiger partial charge in [0.1, 0.15) is 0 Å². The van der Waals surface area contributed by atoms with Crippen LogP contribution in [0.2, 0.25) is 0 Å². The van der Waals surface area contributed by atoms with E-state index in [4.69, 9.17) is 0 Å². The first-order chi connectivity index (χ1) is 20.1. The summed E-state index contributed by atoms with van der Waals surface area (Å²) in [6.45, 7) is 5.02. The Hall–Kier alpha value is -4.36. The molecule has 2 unspecified atom stereocenters. The third-order valence-electron chi connectivity index (χ3n) is 10.4. The fourth-order valence-corrected chi connectivity index (χ4v) is 8.26. The van der Waals surface area contributed by atoms with Crippen LogP contribution < -0.4 is 4.90 Å². The van der Waals surface area contributed by atoms with Gasteiger partial charge in [0.15, 0.2) is 0 Å². The first-order valence-corrected chi connectivity index (χ1v) is 15.1. The van der Waals surface area contributed by atoms with Crippen LogP contribution in [0, 0.1) is 0 Å². The molecule has 1 heterocycles. The molecule has 1 saturated carbocycles. The molecule has 1 aliphatic heterocycles. The van der Waals surface area contributed by atoms with Gasteiger partial charge in [-0.2, -0.15) is 0 Å². The van der Waals surface area contributed by atoms with E-state index in [1.807, 2.05) is 0 Å². The topological polar surface area (TPSA) is 3.24 Å². The zero-order valence-corrected chi connectivity index (χ0v) is 23.9. The number of hydrogen-bond acceptors (Lipinski definition) is 1. The minimum atomic E-state index is 0.0505. The molecule has 0 saturated heterocycles. The molecular formula is C40H35N. The van der Waals surface area contributed by atoms with Crippen LogP contribution >= 0.6 is 0 Å². The highest BCUT2D eigenvalue weighted by atomic mass is 15.3. The summed E-state index contributed by atoms with van der Waals surface area (Å²) in [6.07, 6.45) is 5.04. The zero-order chi connectivity index (χ0) is 27.6. The molecule has 200 valence electrons. The zero-order valence-electron chi connectivity index (χ0n) is 23.9. The monoisotopic (exact) mass is 529 g/mol. The van der Waals surface area contributed by atoms with Crippen LogP contribution in [-0.4, -0.2) is 5.54 Å². The lowest BCUT2D eigenvalue weighted by Gasteiger charge is -2.50. The van der Waals surface area contributed by atoms with Crippen LogP contribution in [0.4, 0.5) is 11.4 Å². The van der Waals surface area contributed by atoms with E-state index in [0.29, 0.717) is 0 Å². The maximum atomic E-state index is 2.69. The minimum absolute atomic E-state index is 0.0505. The number of hydrogen-bond donors (Lipinski definition) is 0. The van der Waals surface area contributed by atoms with Crippen molar-refractivity contribution in [2.24, 2.45) is 0 Å². The van der Waals surface area contributed by atoms with E-state index < -0.39 is 0 Å². The summed E-state index contributed by atoms with van der Waals surface area (Å²) in [5.74, 6) is 0. The predicted molar refractivity (Wildman–Crippen MR) is 175 cm³/mol. The first-order valence-electron chi connectivity index (χ1n) is 15.1. The van der Waals surface area contributed by atoms with Crippen molar-refractivity contribution in [2.75, 3.05) is 4.90 Å². The van der Waals surface area contributed by atoms with Crippen LogP contribution in [0.5, 0.6) is 0 Å². The van der Waals surface area contributed by atoms with Gasteiger partial charge in [-0.15, -0.1) is 0 Å². The van der Waals surface area contributed by atoms with Crippen LogP contribution in [0.25, 0.3) is 43.8 Å². The van der Waals surface area contributed by atoms with Crippen molar-refractivity contribution in [1.29, 1.82) is 0 Å². The molecule has 1 aliphatic carbocycles. The second-order valence-corrected chi connectivity index (χ2v) is 12.4. The maximum Gasteiger partial charge on any atom is 0.0517 e. The van der Waals surface area contributed by atoms with E-state index in [9.17, 15) is 0 Å². The van der Waals surface area contributed by atoms with Gasteiger partial charge in [-0.1, -0.05) is 129 Å². The van der Waals surface area contributed by atoms with Crippen molar-refractivity contribution in [1.82, 2.24) is 0 Å². The Bertz CT molecular complexity index is 1880. The van der Waals surface area contributed by atoms with Crippen molar-refractivity contribution in [3.8, 4) is 22.3 Å². The maximum absolute atomic E-state index is 2.69. The molecule has 1 heteroatoms. The molecule has 0 radical (unpaired) electrons. The van der Waals surface area contributed by atoms with Crippen molar-refractivity contribution >= 4 is 32.9 Å². The van der Waals surface area contributed by atoms with Gasteiger partial charge in [-0.05, 0) is 87.3 Å². The normalized spacial score (nSPS) is 21.7. The summed E-state index contributed by atoms with van der Waals surface area (Å²) in [7, 11) is 0. The number of para-hydroxylation sites is 1. The van der Waals surface area contributed by atoms with Crippen LogP contribution in [0.1, 0.15) is 45.1 Å². The van der Waals surface area contributed by atoms with Crippen LogP contribution in [0.15, 0.2) is 127 Å². The number of benzene rings is 6. The van der Waals surface area contributed by atoms with Crippen molar-refractivity contribution in [3.63, 3.8) is 0 Å². The molecule has 0 aromatic heterocycles. The molecule has 1 fully saturated rings. The van der Waals surface area contributed by atoms with E-state index in [2.05, 4.69) is 146 Å². The van der Waals surface area contributed by atoms with E-state index >= 15 is 0 Å². The Balaban J connectivity index is 1.39. The standard InChI is InChI=1S/C40H35N/c1-39-25-12-13-26-40(39,2)41(36-24-11-10-23-35(36)39)30-18-14-17-29(27-30)38-33-21-8-6-19-31(33)37(28-15-4-3-5-16-28)32-20-7-9-22-34(32)38/h3-11,14-24,27H,12-13,25-26H2,1-2H3. The minimum Gasteiger partial charge on any atom is -0.334 e. The smallest absolute Gasteiger partial charge is 0.0517 e. The highest BCUT2D eigenvalue weighted by Crippen LogP contribution is 2.60. The third kappa shape index (κ3) is 3.42. The lowest BCUT2D eigenvalue weighted by atomic mass is 9.61. The third-order valence-corrected chi connectivity index (χ3v) is 10.4. The van der Waals surface area contributed by atoms with E-state index in [0.717, 1.165) is 0 Å². The lowest BCUT2D eigenvalue weighted by molar-refractivity contribution is 0.195. The van der Waals surface area contributed by atoms with E-state index in [1.165, 1.54) is 86.4 Å². The van der Waals surface area contributed by atoms with Gasteiger partial charge in [0.2, 0.25) is 0 Å². The molecule has 6 aromatic rings. The predicted octanol–water partition coefficient (Wildman–Crippen LogP) is 11.1. The van der Waals surface area contributed by atoms with Crippen LogP contribution in [-0.2, 0) is 5.41 Å². The first kappa shape index (κ1) is 24.4. The van der Waals surface area contributed by atoms with E-state index in [-0.39, 0.29) is 11.0 Å². The molecule has 6 aromatic carbocycles. The fraction of sp³-hybridized carbons (Fsp3) is 0.200. The molecule has 0 spiro atoms. The van der Waals surface area contributed by atoms with Gasteiger partial charge in [0, 0.05) is 16.8 Å². The largest absolute Gasteiger partial charge is 0.334 e. The summed E-state index contributed by atoms with van der Waals surface area (Å²) < 4.78 is 0. The number of rotatable bonds is 3. The van der Waals surface area contributed by atoms with Gasteiger partial charge in [0.05, 0.1) is 5.54 Å². The second kappa shape index (κ2) is 9.08. The van der Waals surface area contributed by atoms with Crippen LogP contribution in [0.3, 0.4) is 0 Å². The quantitative estimate of drug-likeness (QED) is 0.206. The lowest BCUT2D eigenvalue weighted by Crippen LogP contribution is -2.54. The Morgan fingerprint density at radius 1 is 0.512 bits per heavy atom. The number of anilines is 2. The Labute approximate surface area is 243 Å². The molecule has 0 N–H and O–H groups in total. The van der Waals surface area contributed by atoms with Gasteiger partial charge < -0.3 is 4.90 Å². The molecule has 41 heavy (non-hydrogen) atoms. The Morgan fingerprint density at radius 2 is 1.05 bits per heavy atom. The summed E-state index contributed by atoms with van der Waals surface area (Å²) in [4.78, 5) is 2.69. The molecule has 1 nitrogen and oxygen atoms in total. The SMILES string of the molecule is CC12CCCCC1(C)N(c1cccc(-c3c4ccccc4c(-c4ccccc4)c4ccccc34)c1)c1ccccc12. The summed E-state index contributed by atoms with van der Waals surface area (Å²) in [5, 5.41) is 5.21. The number of fused-ring (bicyclic) bond motifs is 5.